The predicted molar refractivity (Wildman–Crippen MR) is 96.4 cm³/mol. The lowest BCUT2D eigenvalue weighted by Gasteiger charge is -2.05. The third kappa shape index (κ3) is 3.58. The van der Waals surface area contributed by atoms with Crippen LogP contribution in [0.3, 0.4) is 0 Å². The van der Waals surface area contributed by atoms with Crippen molar-refractivity contribution in [2.24, 2.45) is 0 Å². The summed E-state index contributed by atoms with van der Waals surface area (Å²) in [6.45, 7) is 0. The Morgan fingerprint density at radius 2 is 1.67 bits per heavy atom. The van der Waals surface area contributed by atoms with Crippen LogP contribution in [-0.4, -0.2) is 18.1 Å². The minimum Gasteiger partial charge on any atom is -0.465 e. The molecule has 3 aromatic rings. The lowest BCUT2D eigenvalue weighted by Crippen LogP contribution is -2.00. The molecular weight excluding hydrogens is 298 g/mol. The molecule has 3 nitrogen and oxygen atoms in total. The van der Waals surface area contributed by atoms with Crippen molar-refractivity contribution in [1.82, 2.24) is 4.98 Å². The summed E-state index contributed by atoms with van der Waals surface area (Å²) in [5.74, 6) is -0.328. The van der Waals surface area contributed by atoms with Crippen LogP contribution in [0, 0.1) is 0 Å². The van der Waals surface area contributed by atoms with Gasteiger partial charge in [-0.3, -0.25) is 4.98 Å². The lowest BCUT2D eigenvalue weighted by atomic mass is 10.0. The number of hydrogen-bond acceptors (Lipinski definition) is 3. The normalized spacial score (nSPS) is 10.7. The molecule has 0 spiro atoms. The molecule has 0 saturated heterocycles. The monoisotopic (exact) mass is 315 g/mol. The van der Waals surface area contributed by atoms with Crippen LogP contribution >= 0.6 is 0 Å². The van der Waals surface area contributed by atoms with Gasteiger partial charge in [0.25, 0.3) is 0 Å². The van der Waals surface area contributed by atoms with Crippen LogP contribution in [-0.2, 0) is 4.74 Å². The van der Waals surface area contributed by atoms with Crippen LogP contribution in [0.15, 0.2) is 72.9 Å². The number of esters is 1. The maximum Gasteiger partial charge on any atom is 0.337 e. The molecule has 0 N–H and O–H groups in total. The van der Waals surface area contributed by atoms with Gasteiger partial charge in [0.1, 0.15) is 0 Å². The molecule has 0 aliphatic rings. The number of aromatic nitrogens is 1. The average Bonchev–Trinajstić information content (AvgIpc) is 2.67. The van der Waals surface area contributed by atoms with E-state index in [4.69, 9.17) is 4.74 Å². The summed E-state index contributed by atoms with van der Waals surface area (Å²) >= 11 is 0. The molecule has 0 atom stereocenters. The average molecular weight is 315 g/mol. The molecular formula is C21H17NO2. The summed E-state index contributed by atoms with van der Waals surface area (Å²) in [6, 6.07) is 21.3. The molecule has 0 aliphatic carbocycles. The third-order valence-electron chi connectivity index (χ3n) is 3.69. The van der Waals surface area contributed by atoms with Crippen molar-refractivity contribution in [3.05, 3.63) is 89.6 Å². The molecule has 0 radical (unpaired) electrons. The van der Waals surface area contributed by atoms with Crippen molar-refractivity contribution in [3.63, 3.8) is 0 Å². The van der Waals surface area contributed by atoms with Crippen LogP contribution in [0.5, 0.6) is 0 Å². The second-order valence-electron chi connectivity index (χ2n) is 5.25. The number of benzene rings is 2. The molecule has 1 heterocycles. The molecule has 24 heavy (non-hydrogen) atoms. The molecule has 118 valence electrons. The number of carbonyl (C=O) groups excluding carboxylic acids is 1. The Labute approximate surface area is 141 Å². The first kappa shape index (κ1) is 15.7. The fourth-order valence-corrected chi connectivity index (χ4v) is 2.43. The van der Waals surface area contributed by atoms with E-state index < -0.39 is 0 Å². The van der Waals surface area contributed by atoms with E-state index in [9.17, 15) is 4.79 Å². The zero-order chi connectivity index (χ0) is 16.8. The van der Waals surface area contributed by atoms with E-state index in [0.29, 0.717) is 5.56 Å². The van der Waals surface area contributed by atoms with Crippen molar-refractivity contribution >= 4 is 18.1 Å². The van der Waals surface area contributed by atoms with E-state index >= 15 is 0 Å². The van der Waals surface area contributed by atoms with E-state index in [1.54, 1.807) is 18.3 Å². The van der Waals surface area contributed by atoms with Crippen LogP contribution in [0.25, 0.3) is 23.4 Å². The van der Waals surface area contributed by atoms with Gasteiger partial charge in [0, 0.05) is 11.8 Å². The smallest absolute Gasteiger partial charge is 0.337 e. The van der Waals surface area contributed by atoms with E-state index in [-0.39, 0.29) is 5.97 Å². The lowest BCUT2D eigenvalue weighted by molar-refractivity contribution is 0.0600. The predicted octanol–water partition coefficient (Wildman–Crippen LogP) is 4.71. The first-order valence-corrected chi connectivity index (χ1v) is 7.65. The molecule has 3 heteroatoms. The molecule has 0 amide bonds. The minimum absolute atomic E-state index is 0.328. The molecule has 0 saturated carbocycles. The Bertz CT molecular complexity index is 853. The van der Waals surface area contributed by atoms with Gasteiger partial charge in [-0.05, 0) is 35.4 Å². The maximum absolute atomic E-state index is 11.5. The maximum atomic E-state index is 11.5. The van der Waals surface area contributed by atoms with Gasteiger partial charge < -0.3 is 4.74 Å². The molecule has 1 aromatic heterocycles. The van der Waals surface area contributed by atoms with Crippen LogP contribution < -0.4 is 0 Å². The molecule has 0 unspecified atom stereocenters. The van der Waals surface area contributed by atoms with Gasteiger partial charge in [-0.2, -0.15) is 0 Å². The van der Waals surface area contributed by atoms with Crippen LogP contribution in [0.1, 0.15) is 21.5 Å². The highest BCUT2D eigenvalue weighted by Crippen LogP contribution is 2.23. The van der Waals surface area contributed by atoms with E-state index in [1.165, 1.54) is 7.11 Å². The third-order valence-corrected chi connectivity index (χ3v) is 3.69. The summed E-state index contributed by atoms with van der Waals surface area (Å²) in [5.41, 5.74) is 4.68. The van der Waals surface area contributed by atoms with Gasteiger partial charge in [-0.15, -0.1) is 0 Å². The number of hydrogen-bond donors (Lipinski definition) is 0. The molecule has 2 aromatic carbocycles. The second-order valence-corrected chi connectivity index (χ2v) is 5.25. The Kier molecular flexibility index (Phi) is 4.82. The standard InChI is InChI=1S/C21H17NO2/c1-24-21(23)18-13-10-16(11-14-18)9-12-17-6-2-3-7-19(17)20-8-4-5-15-22-20/h2-15H,1H3. The summed E-state index contributed by atoms with van der Waals surface area (Å²) in [4.78, 5) is 15.9. The van der Waals surface area contributed by atoms with Crippen molar-refractivity contribution in [1.29, 1.82) is 0 Å². The van der Waals surface area contributed by atoms with Crippen LogP contribution in [0.2, 0.25) is 0 Å². The van der Waals surface area contributed by atoms with Gasteiger partial charge >= 0.3 is 5.97 Å². The van der Waals surface area contributed by atoms with E-state index in [0.717, 1.165) is 22.4 Å². The van der Waals surface area contributed by atoms with Crippen molar-refractivity contribution < 1.29 is 9.53 Å². The Morgan fingerprint density at radius 3 is 2.38 bits per heavy atom. The highest BCUT2D eigenvalue weighted by molar-refractivity contribution is 5.89. The Morgan fingerprint density at radius 1 is 0.917 bits per heavy atom. The number of methoxy groups -OCH3 is 1. The first-order chi connectivity index (χ1) is 11.8. The quantitative estimate of drug-likeness (QED) is 0.517. The first-order valence-electron chi connectivity index (χ1n) is 7.65. The number of nitrogens with zero attached hydrogens (tertiary/aromatic N) is 1. The summed E-state index contributed by atoms with van der Waals surface area (Å²) in [6.07, 6.45) is 5.86. The highest BCUT2D eigenvalue weighted by Gasteiger charge is 2.04. The van der Waals surface area contributed by atoms with E-state index in [2.05, 4.69) is 23.2 Å². The van der Waals surface area contributed by atoms with Gasteiger partial charge in [-0.1, -0.05) is 54.6 Å². The number of rotatable bonds is 4. The largest absolute Gasteiger partial charge is 0.465 e. The topological polar surface area (TPSA) is 39.2 Å². The number of pyridine rings is 1. The summed E-state index contributed by atoms with van der Waals surface area (Å²) < 4.78 is 4.71. The molecule has 0 aliphatic heterocycles. The van der Waals surface area contributed by atoms with Gasteiger partial charge in [0.05, 0.1) is 18.4 Å². The number of ether oxygens (including phenoxy) is 1. The second kappa shape index (κ2) is 7.38. The molecule has 3 rings (SSSR count). The minimum atomic E-state index is -0.328. The van der Waals surface area contributed by atoms with Crippen molar-refractivity contribution in [2.45, 2.75) is 0 Å². The van der Waals surface area contributed by atoms with Gasteiger partial charge in [0.15, 0.2) is 0 Å². The van der Waals surface area contributed by atoms with Crippen molar-refractivity contribution in [3.8, 4) is 11.3 Å². The zero-order valence-corrected chi connectivity index (χ0v) is 13.3. The Balaban J connectivity index is 1.86. The number of carbonyl (C=O) groups is 1. The fourth-order valence-electron chi connectivity index (χ4n) is 2.43. The van der Waals surface area contributed by atoms with E-state index in [1.807, 2.05) is 48.5 Å². The molecule has 0 bridgehead atoms. The summed E-state index contributed by atoms with van der Waals surface area (Å²) in [7, 11) is 1.38. The molecule has 0 fully saturated rings. The van der Waals surface area contributed by atoms with Gasteiger partial charge in [-0.25, -0.2) is 4.79 Å². The SMILES string of the molecule is COC(=O)c1ccc(C=Cc2ccccc2-c2ccccn2)cc1. The van der Waals surface area contributed by atoms with Gasteiger partial charge in [0.2, 0.25) is 0 Å². The fraction of sp³-hybridized carbons (Fsp3) is 0.0476. The zero-order valence-electron chi connectivity index (χ0n) is 13.3. The Hall–Kier alpha value is -3.20. The van der Waals surface area contributed by atoms with Crippen LogP contribution in [0.4, 0.5) is 0 Å². The highest BCUT2D eigenvalue weighted by atomic mass is 16.5. The van der Waals surface area contributed by atoms with Crippen molar-refractivity contribution in [2.75, 3.05) is 7.11 Å². The summed E-state index contributed by atoms with van der Waals surface area (Å²) in [5, 5.41) is 0.